The summed E-state index contributed by atoms with van der Waals surface area (Å²) < 4.78 is 82.8. The van der Waals surface area contributed by atoms with Crippen molar-refractivity contribution in [1.82, 2.24) is 14.9 Å². The molecular weight excluding hydrogens is 558 g/mol. The topological polar surface area (TPSA) is 78.4 Å². The highest BCUT2D eigenvalue weighted by molar-refractivity contribution is 7.92. The zero-order valence-corrected chi connectivity index (χ0v) is 22.9. The number of hydrogen-bond acceptors (Lipinski definition) is 6. The monoisotopic (exact) mass is 585 g/mol. The van der Waals surface area contributed by atoms with E-state index in [1.54, 1.807) is 12.1 Å². The summed E-state index contributed by atoms with van der Waals surface area (Å²) in [6.07, 6.45) is 0.520. The van der Waals surface area contributed by atoms with Gasteiger partial charge in [-0.2, -0.15) is 13.2 Å². The van der Waals surface area contributed by atoms with Gasteiger partial charge >= 0.3 is 6.18 Å². The lowest BCUT2D eigenvalue weighted by Gasteiger charge is -2.48. The molecule has 1 aliphatic rings. The van der Waals surface area contributed by atoms with Crippen LogP contribution in [0.2, 0.25) is 5.02 Å². The molecule has 1 aromatic heterocycles. The molecule has 13 heteroatoms. The van der Waals surface area contributed by atoms with Gasteiger partial charge in [-0.3, -0.25) is 4.72 Å². The van der Waals surface area contributed by atoms with E-state index in [0.29, 0.717) is 37.2 Å². The van der Waals surface area contributed by atoms with Crippen molar-refractivity contribution in [2.24, 2.45) is 0 Å². The molecule has 3 aromatic rings. The molecule has 39 heavy (non-hydrogen) atoms. The molecule has 0 spiro atoms. The van der Waals surface area contributed by atoms with E-state index in [2.05, 4.69) is 19.6 Å². The van der Waals surface area contributed by atoms with Crippen LogP contribution < -0.4 is 9.62 Å². The molecule has 0 aliphatic carbocycles. The van der Waals surface area contributed by atoms with E-state index in [1.165, 1.54) is 36.8 Å². The summed E-state index contributed by atoms with van der Waals surface area (Å²) in [5.74, 6) is -0.890. The average molecular weight is 586 g/mol. The van der Waals surface area contributed by atoms with Gasteiger partial charge in [0.05, 0.1) is 10.6 Å². The van der Waals surface area contributed by atoms with E-state index < -0.39 is 38.0 Å². The highest BCUT2D eigenvalue weighted by atomic mass is 35.5. The molecule has 1 fully saturated rings. The zero-order chi connectivity index (χ0) is 28.4. The van der Waals surface area contributed by atoms with Gasteiger partial charge in [-0.25, -0.2) is 22.8 Å². The number of rotatable bonds is 8. The maximum Gasteiger partial charge on any atom is 0.417 e. The molecule has 210 valence electrons. The Morgan fingerprint density at radius 1 is 1.15 bits per heavy atom. The number of halogens is 5. The van der Waals surface area contributed by atoms with Crippen molar-refractivity contribution in [3.05, 3.63) is 77.0 Å². The number of nitrogens with one attached hydrogen (secondary N) is 1. The summed E-state index contributed by atoms with van der Waals surface area (Å²) in [5.41, 5.74) is -0.204. The normalized spacial score (nSPS) is 18.4. The molecule has 1 saturated heterocycles. The van der Waals surface area contributed by atoms with Gasteiger partial charge in [0.1, 0.15) is 22.9 Å². The van der Waals surface area contributed by atoms with E-state index in [9.17, 15) is 21.6 Å². The Hall–Kier alpha value is -2.96. The number of aryl methyl sites for hydroxylation is 1. The van der Waals surface area contributed by atoms with Gasteiger partial charge in [-0.1, -0.05) is 17.7 Å². The third kappa shape index (κ3) is 6.62. The first kappa shape index (κ1) is 29.0. The summed E-state index contributed by atoms with van der Waals surface area (Å²) in [6.45, 7) is 1.11. The molecule has 0 saturated carbocycles. The van der Waals surface area contributed by atoms with Gasteiger partial charge in [0.25, 0.3) is 10.0 Å². The first-order valence-electron chi connectivity index (χ1n) is 12.2. The molecule has 2 heterocycles. The number of sulfonamides is 1. The highest BCUT2D eigenvalue weighted by Gasteiger charge is 2.38. The fourth-order valence-electron chi connectivity index (χ4n) is 4.90. The lowest BCUT2D eigenvalue weighted by atomic mass is 9.82. The Morgan fingerprint density at radius 2 is 1.92 bits per heavy atom. The fourth-order valence-corrected chi connectivity index (χ4v) is 6.19. The van der Waals surface area contributed by atoms with E-state index >= 15 is 4.39 Å². The molecule has 0 bridgehead atoms. The predicted octanol–water partition coefficient (Wildman–Crippen LogP) is 5.62. The molecule has 4 rings (SSSR count). The van der Waals surface area contributed by atoms with Crippen molar-refractivity contribution < 1.29 is 26.0 Å². The van der Waals surface area contributed by atoms with Crippen LogP contribution in [0.25, 0.3) is 0 Å². The second-order valence-electron chi connectivity index (χ2n) is 9.77. The average Bonchev–Trinajstić information content (AvgIpc) is 2.87. The van der Waals surface area contributed by atoms with Crippen LogP contribution in [-0.2, 0) is 22.6 Å². The number of piperidine rings is 1. The van der Waals surface area contributed by atoms with Gasteiger partial charge in [0.2, 0.25) is 0 Å². The van der Waals surface area contributed by atoms with Crippen molar-refractivity contribution in [3.8, 4) is 0 Å². The summed E-state index contributed by atoms with van der Waals surface area (Å²) in [5, 5.41) is -0.336. The van der Waals surface area contributed by atoms with Crippen molar-refractivity contribution in [1.29, 1.82) is 0 Å². The lowest BCUT2D eigenvalue weighted by molar-refractivity contribution is -0.137. The SMILES string of the molecule is CN(C)[C@@]1(CCc2ccc(Cl)c(C(F)(F)F)c2)CCCN(c2ccc(S(=O)(=O)Nc3ccncn3)c(F)c2)C1. The van der Waals surface area contributed by atoms with Gasteiger partial charge in [0.15, 0.2) is 0 Å². The summed E-state index contributed by atoms with van der Waals surface area (Å²) in [4.78, 5) is 11.0. The summed E-state index contributed by atoms with van der Waals surface area (Å²) in [6, 6.07) is 9.28. The molecular formula is C26H28ClF4N5O2S. The largest absolute Gasteiger partial charge is 0.417 e. The highest BCUT2D eigenvalue weighted by Crippen LogP contribution is 2.37. The maximum atomic E-state index is 15.1. The number of likely N-dealkylation sites (N-methyl/N-ethyl adjacent to an activating group) is 1. The first-order chi connectivity index (χ1) is 18.3. The van der Waals surface area contributed by atoms with Crippen molar-refractivity contribution in [3.63, 3.8) is 0 Å². The van der Waals surface area contributed by atoms with Crippen molar-refractivity contribution in [2.45, 2.75) is 42.3 Å². The Morgan fingerprint density at radius 3 is 2.56 bits per heavy atom. The summed E-state index contributed by atoms with van der Waals surface area (Å²) >= 11 is 5.77. The predicted molar refractivity (Wildman–Crippen MR) is 142 cm³/mol. The number of benzene rings is 2. The maximum absolute atomic E-state index is 15.1. The second kappa shape index (κ2) is 11.3. The Balaban J connectivity index is 1.53. The minimum absolute atomic E-state index is 0.0170. The molecule has 0 unspecified atom stereocenters. The summed E-state index contributed by atoms with van der Waals surface area (Å²) in [7, 11) is -0.379. The molecule has 1 aliphatic heterocycles. The third-order valence-corrected chi connectivity index (χ3v) is 8.83. The van der Waals surface area contributed by atoms with Crippen LogP contribution in [0.15, 0.2) is 59.9 Å². The Kier molecular flexibility index (Phi) is 8.38. The Bertz CT molecular complexity index is 1420. The quantitative estimate of drug-likeness (QED) is 0.346. The molecule has 2 aromatic carbocycles. The van der Waals surface area contributed by atoms with Crippen molar-refractivity contribution in [2.75, 3.05) is 36.8 Å². The van der Waals surface area contributed by atoms with Gasteiger partial charge < -0.3 is 9.80 Å². The van der Waals surface area contributed by atoms with Gasteiger partial charge in [-0.05, 0) is 81.7 Å². The van der Waals surface area contributed by atoms with Crippen LogP contribution in [0.4, 0.5) is 29.1 Å². The van der Waals surface area contributed by atoms with E-state index in [1.807, 2.05) is 19.0 Å². The van der Waals surface area contributed by atoms with Crippen LogP contribution in [0.5, 0.6) is 0 Å². The minimum Gasteiger partial charge on any atom is -0.370 e. The van der Waals surface area contributed by atoms with Crippen LogP contribution in [0, 0.1) is 5.82 Å². The first-order valence-corrected chi connectivity index (χ1v) is 14.0. The Labute approximate surface area is 229 Å². The number of alkyl halides is 3. The van der Waals surface area contributed by atoms with Crippen LogP contribution in [-0.4, -0.2) is 56.0 Å². The number of anilines is 2. The minimum atomic E-state index is -4.54. The smallest absolute Gasteiger partial charge is 0.370 e. The number of hydrogen-bond donors (Lipinski definition) is 1. The van der Waals surface area contributed by atoms with Gasteiger partial charge in [0, 0.05) is 30.5 Å². The molecule has 1 N–H and O–H groups in total. The number of aromatic nitrogens is 2. The van der Waals surface area contributed by atoms with Crippen molar-refractivity contribution >= 4 is 33.1 Å². The van der Waals surface area contributed by atoms with E-state index in [4.69, 9.17) is 11.6 Å². The van der Waals surface area contributed by atoms with E-state index in [-0.39, 0.29) is 10.8 Å². The lowest BCUT2D eigenvalue weighted by Crippen LogP contribution is -2.56. The van der Waals surface area contributed by atoms with Crippen LogP contribution in [0.3, 0.4) is 0 Å². The zero-order valence-electron chi connectivity index (χ0n) is 21.3. The van der Waals surface area contributed by atoms with Gasteiger partial charge in [-0.15, -0.1) is 0 Å². The molecule has 1 atom stereocenters. The second-order valence-corrected chi connectivity index (χ2v) is 11.8. The molecule has 7 nitrogen and oxygen atoms in total. The molecule has 0 radical (unpaired) electrons. The third-order valence-electron chi connectivity index (χ3n) is 7.11. The standard InChI is InChI=1S/C26H28ClF4N5O2S/c1-35(2)25(11-8-18-4-6-21(27)20(14-18)26(29,30)31)10-3-13-36(16-25)19-5-7-23(22(28)15-19)39(37,38)34-24-9-12-32-17-33-24/h4-7,9,12,14-15,17H,3,8,10-11,13,16H2,1-2H3,(H,32,33,34)/t25-/m1/s1. The number of nitrogens with zero attached hydrogens (tertiary/aromatic N) is 4. The van der Waals surface area contributed by atoms with E-state index in [0.717, 1.165) is 18.9 Å². The van der Waals surface area contributed by atoms with Crippen LogP contribution >= 0.6 is 11.6 Å². The molecule has 0 amide bonds. The van der Waals surface area contributed by atoms with Crippen LogP contribution in [0.1, 0.15) is 30.4 Å². The fraction of sp³-hybridized carbons (Fsp3) is 0.385.